The van der Waals surface area contributed by atoms with Crippen LogP contribution >= 0.6 is 0 Å². The lowest BCUT2D eigenvalue weighted by Gasteiger charge is -1.99. The first-order valence-corrected chi connectivity index (χ1v) is 6.21. The minimum atomic E-state index is -0.139. The molecular formula is C16H12N2O3. The third-order valence-corrected chi connectivity index (χ3v) is 2.89. The third kappa shape index (κ3) is 3.29. The van der Waals surface area contributed by atoms with E-state index in [1.54, 1.807) is 0 Å². The lowest BCUT2D eigenvalue weighted by molar-refractivity contribution is -0.191. The van der Waals surface area contributed by atoms with Crippen LogP contribution in [0, 0.1) is 6.92 Å². The molecule has 0 aromatic heterocycles. The van der Waals surface area contributed by atoms with Gasteiger partial charge in [0.25, 0.3) is 5.91 Å². The number of aliphatic imine (C=N–C) groups is 1. The minimum Gasteiger partial charge on any atom is -0.320 e. The van der Waals surface area contributed by atoms with Crippen molar-refractivity contribution >= 4 is 29.1 Å². The van der Waals surface area contributed by atoms with Gasteiger partial charge in [0.1, 0.15) is 5.71 Å². The maximum Gasteiger partial charge on any atom is 0.373 e. The molecule has 0 aliphatic carbocycles. The van der Waals surface area contributed by atoms with Crippen LogP contribution in [0.3, 0.4) is 0 Å². The predicted molar refractivity (Wildman–Crippen MR) is 77.5 cm³/mol. The molecule has 2 aromatic carbocycles. The number of hydrogen-bond acceptors (Lipinski definition) is 4. The van der Waals surface area contributed by atoms with Gasteiger partial charge in [-0.25, -0.2) is 4.99 Å². The molecule has 0 spiro atoms. The first kappa shape index (κ1) is 14.4. The number of amides is 1. The van der Waals surface area contributed by atoms with E-state index in [0.717, 1.165) is 22.5 Å². The summed E-state index contributed by atoms with van der Waals surface area (Å²) < 4.78 is 0. The summed E-state index contributed by atoms with van der Waals surface area (Å²) in [5.41, 5.74) is 4.10. The molecule has 0 atom stereocenters. The Hall–Kier alpha value is -3.04. The smallest absolute Gasteiger partial charge is 0.320 e. The first-order chi connectivity index (χ1) is 10.2. The molecule has 1 aliphatic rings. The van der Waals surface area contributed by atoms with Crippen LogP contribution in [0.5, 0.6) is 0 Å². The highest BCUT2D eigenvalue weighted by molar-refractivity contribution is 6.54. The Morgan fingerprint density at radius 1 is 1.05 bits per heavy atom. The van der Waals surface area contributed by atoms with E-state index in [0.29, 0.717) is 5.71 Å². The highest BCUT2D eigenvalue weighted by Crippen LogP contribution is 2.26. The van der Waals surface area contributed by atoms with Gasteiger partial charge in [-0.3, -0.25) is 4.79 Å². The van der Waals surface area contributed by atoms with E-state index in [2.05, 4.69) is 10.3 Å². The van der Waals surface area contributed by atoms with Crippen molar-refractivity contribution in [2.45, 2.75) is 6.92 Å². The number of nitrogens with one attached hydrogen (secondary N) is 1. The van der Waals surface area contributed by atoms with Crippen molar-refractivity contribution in [3.8, 4) is 0 Å². The van der Waals surface area contributed by atoms with Crippen LogP contribution < -0.4 is 5.32 Å². The van der Waals surface area contributed by atoms with Gasteiger partial charge in [0.2, 0.25) is 0 Å². The van der Waals surface area contributed by atoms with Crippen LogP contribution in [0.1, 0.15) is 11.1 Å². The Labute approximate surface area is 121 Å². The lowest BCUT2D eigenvalue weighted by atomic mass is 10.1. The summed E-state index contributed by atoms with van der Waals surface area (Å²) in [5.74, 6) is -0.139. The van der Waals surface area contributed by atoms with Gasteiger partial charge in [-0.15, -0.1) is 0 Å². The third-order valence-electron chi connectivity index (χ3n) is 2.89. The van der Waals surface area contributed by atoms with E-state index in [1.165, 1.54) is 0 Å². The van der Waals surface area contributed by atoms with Crippen LogP contribution in [0.15, 0.2) is 53.5 Å². The SMILES string of the molecule is Cc1ccc2c(c1)C(=Nc1ccccc1)C(=O)N2.O=C=O. The molecule has 21 heavy (non-hydrogen) atoms. The Morgan fingerprint density at radius 2 is 1.71 bits per heavy atom. The minimum absolute atomic E-state index is 0.139. The van der Waals surface area contributed by atoms with Crippen molar-refractivity contribution < 1.29 is 14.4 Å². The zero-order valence-electron chi connectivity index (χ0n) is 11.3. The highest BCUT2D eigenvalue weighted by Gasteiger charge is 2.25. The van der Waals surface area contributed by atoms with Crippen LogP contribution in [-0.4, -0.2) is 17.8 Å². The predicted octanol–water partition coefficient (Wildman–Crippen LogP) is 2.48. The van der Waals surface area contributed by atoms with Gasteiger partial charge in [-0.1, -0.05) is 29.8 Å². The molecule has 104 valence electrons. The molecule has 5 heteroatoms. The zero-order valence-corrected chi connectivity index (χ0v) is 11.3. The van der Waals surface area contributed by atoms with E-state index < -0.39 is 0 Å². The number of hydrogen-bond donors (Lipinski definition) is 1. The van der Waals surface area contributed by atoms with Crippen molar-refractivity contribution in [2.75, 3.05) is 5.32 Å². The number of anilines is 1. The van der Waals surface area contributed by atoms with Crippen LogP contribution in [0.2, 0.25) is 0 Å². The van der Waals surface area contributed by atoms with E-state index in [4.69, 9.17) is 9.59 Å². The molecule has 0 saturated carbocycles. The average molecular weight is 280 g/mol. The fourth-order valence-electron chi connectivity index (χ4n) is 2.01. The summed E-state index contributed by atoms with van der Waals surface area (Å²) in [6.07, 6.45) is 0.250. The first-order valence-electron chi connectivity index (χ1n) is 6.21. The number of aryl methyl sites for hydroxylation is 1. The largest absolute Gasteiger partial charge is 0.373 e. The highest BCUT2D eigenvalue weighted by atomic mass is 16.2. The van der Waals surface area contributed by atoms with E-state index >= 15 is 0 Å². The van der Waals surface area contributed by atoms with Crippen LogP contribution in [0.4, 0.5) is 11.4 Å². The number of para-hydroxylation sites is 1. The number of carbonyl (C=O) groups excluding carboxylic acids is 3. The molecule has 0 radical (unpaired) electrons. The second-order valence-corrected chi connectivity index (χ2v) is 4.38. The number of benzene rings is 2. The van der Waals surface area contributed by atoms with Crippen LogP contribution in [0.25, 0.3) is 0 Å². The molecule has 1 N–H and O–H groups in total. The zero-order chi connectivity index (χ0) is 15.2. The van der Waals surface area contributed by atoms with Gasteiger partial charge in [0.15, 0.2) is 0 Å². The Balaban J connectivity index is 0.000000497. The van der Waals surface area contributed by atoms with Crippen molar-refractivity contribution in [3.63, 3.8) is 0 Å². The molecule has 1 heterocycles. The van der Waals surface area contributed by atoms with Crippen molar-refractivity contribution in [3.05, 3.63) is 59.7 Å². The number of nitrogens with zero attached hydrogens (tertiary/aromatic N) is 1. The van der Waals surface area contributed by atoms with Gasteiger partial charge in [-0.05, 0) is 31.2 Å². The Kier molecular flexibility index (Phi) is 4.39. The van der Waals surface area contributed by atoms with E-state index in [-0.39, 0.29) is 12.1 Å². The molecule has 2 aromatic rings. The summed E-state index contributed by atoms with van der Waals surface area (Å²) in [7, 11) is 0. The summed E-state index contributed by atoms with van der Waals surface area (Å²) in [6, 6.07) is 15.4. The maximum atomic E-state index is 11.9. The second kappa shape index (κ2) is 6.41. The second-order valence-electron chi connectivity index (χ2n) is 4.38. The Bertz CT molecular complexity index is 730. The molecule has 1 amide bonds. The number of carbonyl (C=O) groups is 1. The van der Waals surface area contributed by atoms with Crippen molar-refractivity contribution in [2.24, 2.45) is 4.99 Å². The van der Waals surface area contributed by atoms with Gasteiger partial charge in [-0.2, -0.15) is 9.59 Å². The van der Waals surface area contributed by atoms with Crippen molar-refractivity contribution in [1.82, 2.24) is 0 Å². The summed E-state index contributed by atoms with van der Waals surface area (Å²) in [6.45, 7) is 2.00. The molecular weight excluding hydrogens is 268 g/mol. The summed E-state index contributed by atoms with van der Waals surface area (Å²) in [4.78, 5) is 32.6. The molecule has 0 unspecified atom stereocenters. The monoisotopic (exact) mass is 280 g/mol. The van der Waals surface area contributed by atoms with Crippen molar-refractivity contribution in [1.29, 1.82) is 0 Å². The molecule has 3 rings (SSSR count). The van der Waals surface area contributed by atoms with E-state index in [1.807, 2.05) is 55.5 Å². The molecule has 0 fully saturated rings. The lowest BCUT2D eigenvalue weighted by Crippen LogP contribution is -2.13. The fourth-order valence-corrected chi connectivity index (χ4v) is 2.01. The van der Waals surface area contributed by atoms with Gasteiger partial charge < -0.3 is 5.32 Å². The summed E-state index contributed by atoms with van der Waals surface area (Å²) in [5, 5.41) is 2.83. The molecule has 5 nitrogen and oxygen atoms in total. The van der Waals surface area contributed by atoms with Gasteiger partial charge in [0.05, 0.1) is 11.4 Å². The Morgan fingerprint density at radius 3 is 2.38 bits per heavy atom. The van der Waals surface area contributed by atoms with Gasteiger partial charge >= 0.3 is 6.15 Å². The molecule has 0 saturated heterocycles. The normalized spacial score (nSPS) is 13.8. The molecule has 1 aliphatic heterocycles. The fraction of sp³-hybridized carbons (Fsp3) is 0.0625. The average Bonchev–Trinajstić information content (AvgIpc) is 2.77. The maximum absolute atomic E-state index is 11.9. The quantitative estimate of drug-likeness (QED) is 0.871. The number of fused-ring (bicyclic) bond motifs is 1. The van der Waals surface area contributed by atoms with Crippen LogP contribution in [-0.2, 0) is 14.4 Å². The van der Waals surface area contributed by atoms with Gasteiger partial charge in [0, 0.05) is 5.56 Å². The summed E-state index contributed by atoms with van der Waals surface area (Å²) >= 11 is 0. The molecule has 0 bridgehead atoms. The number of rotatable bonds is 1. The topological polar surface area (TPSA) is 75.6 Å². The standard InChI is InChI=1S/C15H12N2O.CO2/c1-10-7-8-13-12(9-10)14(15(18)17-13)16-11-5-3-2-4-6-11;2-1-3/h2-9H,1H3,(H,16,17,18);. The van der Waals surface area contributed by atoms with E-state index in [9.17, 15) is 4.79 Å².